The summed E-state index contributed by atoms with van der Waals surface area (Å²) in [7, 11) is -2.76. The summed E-state index contributed by atoms with van der Waals surface area (Å²) < 4.78 is 16.1. The van der Waals surface area contributed by atoms with E-state index in [-0.39, 0.29) is 40.9 Å². The number of benzene rings is 3. The van der Waals surface area contributed by atoms with Crippen molar-refractivity contribution in [3.8, 4) is 0 Å². The van der Waals surface area contributed by atoms with Crippen LogP contribution in [0.2, 0.25) is 5.04 Å². The van der Waals surface area contributed by atoms with Crippen LogP contribution in [0.3, 0.4) is 0 Å². The van der Waals surface area contributed by atoms with Crippen LogP contribution in [0.4, 0.5) is 0 Å². The predicted octanol–water partition coefficient (Wildman–Crippen LogP) is 4.27. The van der Waals surface area contributed by atoms with E-state index in [1.54, 1.807) is 17.7 Å². The molecule has 3 unspecified atom stereocenters. The number of hydrogen-bond donors (Lipinski definition) is 2. The number of rotatable bonds is 12. The Balaban J connectivity index is 1.44. The van der Waals surface area contributed by atoms with Gasteiger partial charge in [-0.25, -0.2) is 9.36 Å². The second kappa shape index (κ2) is 14.4. The first-order chi connectivity index (χ1) is 22.0. The lowest BCUT2D eigenvalue weighted by Crippen LogP contribution is -2.67. The second-order valence-corrected chi connectivity index (χ2v) is 18.0. The van der Waals surface area contributed by atoms with Gasteiger partial charge in [-0.3, -0.25) is 9.36 Å². The molecule has 0 aliphatic heterocycles. The number of aryl methyl sites for hydroxylation is 1. The molecule has 5 rings (SSSR count). The molecule has 4 N–H and O–H groups in total. The first kappa shape index (κ1) is 33.8. The summed E-state index contributed by atoms with van der Waals surface area (Å²) in [5.74, 6) is 0.285. The lowest BCUT2D eigenvalue weighted by Gasteiger charge is -2.44. The molecule has 244 valence electrons. The number of ether oxygens (including phenoxy) is 1. The van der Waals surface area contributed by atoms with Crippen molar-refractivity contribution < 1.29 is 9.16 Å². The molecular formula is C37H48N4O4Si. The van der Waals surface area contributed by atoms with E-state index in [1.165, 1.54) is 14.9 Å². The fourth-order valence-corrected chi connectivity index (χ4v) is 11.8. The molecule has 46 heavy (non-hydrogen) atoms. The molecule has 8 nitrogen and oxygen atoms in total. The summed E-state index contributed by atoms with van der Waals surface area (Å²) in [4.78, 5) is 26.9. The third-order valence-electron chi connectivity index (χ3n) is 9.41. The molecule has 3 atom stereocenters. The normalized spacial score (nSPS) is 18.7. The molecule has 1 saturated carbocycles. The summed E-state index contributed by atoms with van der Waals surface area (Å²) in [5.41, 5.74) is 13.1. The van der Waals surface area contributed by atoms with Crippen LogP contribution in [-0.2, 0) is 22.5 Å². The Morgan fingerprint density at radius 1 is 0.848 bits per heavy atom. The molecule has 3 aromatic carbocycles. The van der Waals surface area contributed by atoms with E-state index >= 15 is 0 Å². The highest BCUT2D eigenvalue weighted by Gasteiger charge is 2.51. The molecule has 0 bridgehead atoms. The van der Waals surface area contributed by atoms with Crippen LogP contribution in [0, 0.1) is 18.8 Å². The zero-order chi connectivity index (χ0) is 32.9. The van der Waals surface area contributed by atoms with Gasteiger partial charge in [0.1, 0.15) is 6.73 Å². The average Bonchev–Trinajstić information content (AvgIpc) is 3.43. The molecule has 1 heterocycles. The van der Waals surface area contributed by atoms with Crippen LogP contribution in [0.5, 0.6) is 0 Å². The van der Waals surface area contributed by atoms with E-state index in [0.717, 1.165) is 18.4 Å². The monoisotopic (exact) mass is 640 g/mol. The summed E-state index contributed by atoms with van der Waals surface area (Å²) in [5, 5.41) is 2.30. The Kier molecular flexibility index (Phi) is 10.6. The summed E-state index contributed by atoms with van der Waals surface area (Å²) in [6.45, 7) is 9.29. The van der Waals surface area contributed by atoms with E-state index in [0.29, 0.717) is 25.2 Å². The average molecular weight is 641 g/mol. The molecule has 0 amide bonds. The van der Waals surface area contributed by atoms with E-state index in [4.69, 9.17) is 20.6 Å². The molecule has 0 saturated heterocycles. The predicted molar refractivity (Wildman–Crippen MR) is 187 cm³/mol. The molecule has 0 spiro atoms. The highest BCUT2D eigenvalue weighted by molar-refractivity contribution is 6.99. The van der Waals surface area contributed by atoms with Crippen molar-refractivity contribution in [1.82, 2.24) is 9.13 Å². The van der Waals surface area contributed by atoms with Crippen molar-refractivity contribution in [2.45, 2.75) is 77.5 Å². The Labute approximate surface area is 273 Å². The largest absolute Gasteiger partial charge is 0.407 e. The Morgan fingerprint density at radius 3 is 1.93 bits per heavy atom. The summed E-state index contributed by atoms with van der Waals surface area (Å²) in [6, 6.07) is 30.8. The number of nitrogens with zero attached hydrogens (tertiary/aromatic N) is 2. The van der Waals surface area contributed by atoms with E-state index in [9.17, 15) is 9.59 Å². The van der Waals surface area contributed by atoms with E-state index in [1.807, 2.05) is 42.5 Å². The second-order valence-electron chi connectivity index (χ2n) is 13.7. The first-order valence-electron chi connectivity index (χ1n) is 16.2. The lowest BCUT2D eigenvalue weighted by atomic mass is 9.93. The van der Waals surface area contributed by atoms with Gasteiger partial charge in [-0.2, -0.15) is 0 Å². The van der Waals surface area contributed by atoms with Gasteiger partial charge in [-0.1, -0.05) is 112 Å². The highest BCUT2D eigenvalue weighted by Crippen LogP contribution is 2.43. The first-order valence-corrected chi connectivity index (χ1v) is 18.1. The zero-order valence-electron chi connectivity index (χ0n) is 27.5. The maximum Gasteiger partial charge on any atom is 0.333 e. The fraction of sp³-hybridized carbons (Fsp3) is 0.405. The van der Waals surface area contributed by atoms with Crippen LogP contribution < -0.4 is 33.1 Å². The topological polar surface area (TPSA) is 115 Å². The Morgan fingerprint density at radius 2 is 1.39 bits per heavy atom. The van der Waals surface area contributed by atoms with Crippen molar-refractivity contribution in [2.75, 3.05) is 6.61 Å². The van der Waals surface area contributed by atoms with Gasteiger partial charge in [0.05, 0.1) is 12.8 Å². The van der Waals surface area contributed by atoms with Gasteiger partial charge in [0.25, 0.3) is 13.9 Å². The molecule has 1 aliphatic rings. The minimum absolute atomic E-state index is 0.113. The van der Waals surface area contributed by atoms with Gasteiger partial charge >= 0.3 is 5.69 Å². The molecule has 9 heteroatoms. The third-order valence-corrected chi connectivity index (χ3v) is 14.4. The smallest absolute Gasteiger partial charge is 0.333 e. The van der Waals surface area contributed by atoms with Crippen molar-refractivity contribution in [1.29, 1.82) is 0 Å². The van der Waals surface area contributed by atoms with Gasteiger partial charge in [-0.15, -0.1) is 0 Å². The third kappa shape index (κ3) is 7.19. The van der Waals surface area contributed by atoms with E-state index < -0.39 is 14.5 Å². The number of aromatic nitrogens is 2. The molecule has 1 aromatic heterocycles. The van der Waals surface area contributed by atoms with E-state index in [2.05, 4.69) is 69.3 Å². The maximum absolute atomic E-state index is 13.8. The standard InChI is InChI=1S/C37H48N4O4Si/c1-27-23-40(36(43)41(35(27)42)26-44-24-28-14-8-5-9-15-28)31-20-29(22-34(38)39)30(21-31)25-45-46(37(2,3)4,32-16-10-6-11-17-32)33-18-12-7-13-19-33/h5-19,23,29-31,34H,20-22,24-26,38-39H2,1-4H3. The van der Waals surface area contributed by atoms with Crippen LogP contribution in [0.1, 0.15) is 57.2 Å². The van der Waals surface area contributed by atoms with Crippen molar-refractivity contribution >= 4 is 18.7 Å². The van der Waals surface area contributed by atoms with Gasteiger partial charge in [0, 0.05) is 24.4 Å². The zero-order valence-corrected chi connectivity index (χ0v) is 28.5. The molecular weight excluding hydrogens is 593 g/mol. The van der Waals surface area contributed by atoms with Gasteiger partial charge in [-0.05, 0) is 59.0 Å². The minimum Gasteiger partial charge on any atom is -0.407 e. The van der Waals surface area contributed by atoms with Crippen molar-refractivity contribution in [3.05, 3.63) is 129 Å². The summed E-state index contributed by atoms with van der Waals surface area (Å²) in [6.07, 6.45) is 3.30. The van der Waals surface area contributed by atoms with Crippen LogP contribution in [0.25, 0.3) is 0 Å². The van der Waals surface area contributed by atoms with Gasteiger partial charge in [0.2, 0.25) is 0 Å². The van der Waals surface area contributed by atoms with Crippen LogP contribution in [-0.4, -0.2) is 30.2 Å². The van der Waals surface area contributed by atoms with Crippen molar-refractivity contribution in [3.63, 3.8) is 0 Å². The van der Waals surface area contributed by atoms with Crippen molar-refractivity contribution in [2.24, 2.45) is 23.3 Å². The van der Waals surface area contributed by atoms with Gasteiger partial charge < -0.3 is 20.6 Å². The Hall–Kier alpha value is -3.60. The molecule has 0 radical (unpaired) electrons. The SMILES string of the molecule is Cc1cn(C2CC(CO[Si](c3ccccc3)(c3ccccc3)C(C)(C)C)C(CC(N)N)C2)c(=O)n(COCc2ccccc2)c1=O. The highest BCUT2D eigenvalue weighted by atomic mass is 28.4. The maximum atomic E-state index is 13.8. The quantitative estimate of drug-likeness (QED) is 0.177. The van der Waals surface area contributed by atoms with Crippen LogP contribution >= 0.6 is 0 Å². The Bertz CT molecular complexity index is 1640. The van der Waals surface area contributed by atoms with Gasteiger partial charge in [0.15, 0.2) is 0 Å². The number of hydrogen-bond acceptors (Lipinski definition) is 6. The lowest BCUT2D eigenvalue weighted by molar-refractivity contribution is 0.0572. The fourth-order valence-electron chi connectivity index (χ4n) is 7.21. The molecule has 1 fully saturated rings. The number of nitrogens with two attached hydrogens (primary N) is 2. The molecule has 1 aliphatic carbocycles. The summed E-state index contributed by atoms with van der Waals surface area (Å²) >= 11 is 0. The minimum atomic E-state index is -2.76. The molecule has 4 aromatic rings. The van der Waals surface area contributed by atoms with Crippen LogP contribution in [0.15, 0.2) is 107 Å².